The Hall–Kier alpha value is -1.39. The lowest BCUT2D eigenvalue weighted by molar-refractivity contribution is -0.117. The number of anilines is 1. The number of aliphatic hydroxyl groups is 1. The number of aliphatic hydroxyl groups excluding tert-OH is 1. The molecule has 1 aromatic carbocycles. The van der Waals surface area contributed by atoms with Gasteiger partial charge in [-0.15, -0.1) is 0 Å². The predicted molar refractivity (Wildman–Crippen MR) is 62.2 cm³/mol. The van der Waals surface area contributed by atoms with E-state index in [0.29, 0.717) is 13.0 Å². The molecule has 0 aromatic heterocycles. The van der Waals surface area contributed by atoms with Crippen LogP contribution in [0.5, 0.6) is 0 Å². The summed E-state index contributed by atoms with van der Waals surface area (Å²) in [5, 5.41) is 15.1. The summed E-state index contributed by atoms with van der Waals surface area (Å²) in [4.78, 5) is 11.8. The Morgan fingerprint density at radius 1 is 1.44 bits per heavy atom. The zero-order chi connectivity index (χ0) is 11.5. The number of hydrogen-bond donors (Lipinski definition) is 3. The SMILES string of the molecule is Cc1ccc(NC(=O)C2CC(O)CN2)cc1. The fourth-order valence-corrected chi connectivity index (χ4v) is 1.78. The second kappa shape index (κ2) is 4.63. The Bertz CT molecular complexity index is 375. The van der Waals surface area contributed by atoms with Gasteiger partial charge in [0.2, 0.25) is 5.91 Å². The maximum atomic E-state index is 11.8. The van der Waals surface area contributed by atoms with Crippen LogP contribution >= 0.6 is 0 Å². The Kier molecular flexibility index (Phi) is 3.22. The van der Waals surface area contributed by atoms with Crippen LogP contribution in [0.3, 0.4) is 0 Å². The third-order valence-electron chi connectivity index (χ3n) is 2.74. The normalized spacial score (nSPS) is 24.4. The molecule has 1 fully saturated rings. The van der Waals surface area contributed by atoms with Crippen molar-refractivity contribution < 1.29 is 9.90 Å². The summed E-state index contributed by atoms with van der Waals surface area (Å²) in [6, 6.07) is 7.37. The van der Waals surface area contributed by atoms with Crippen molar-refractivity contribution in [2.24, 2.45) is 0 Å². The number of carbonyl (C=O) groups excluding carboxylic acids is 1. The van der Waals surface area contributed by atoms with Crippen LogP contribution in [0.15, 0.2) is 24.3 Å². The van der Waals surface area contributed by atoms with Crippen molar-refractivity contribution in [3.8, 4) is 0 Å². The van der Waals surface area contributed by atoms with E-state index in [1.165, 1.54) is 0 Å². The molecule has 2 atom stereocenters. The van der Waals surface area contributed by atoms with Crippen LogP contribution in [0.2, 0.25) is 0 Å². The molecule has 0 radical (unpaired) electrons. The third kappa shape index (κ3) is 2.59. The fraction of sp³-hybridized carbons (Fsp3) is 0.417. The van der Waals surface area contributed by atoms with Crippen LogP contribution in [0, 0.1) is 6.92 Å². The Morgan fingerprint density at radius 2 is 2.12 bits per heavy atom. The Labute approximate surface area is 94.7 Å². The smallest absolute Gasteiger partial charge is 0.241 e. The summed E-state index contributed by atoms with van der Waals surface area (Å²) in [6.07, 6.45) is 0.0753. The molecule has 2 rings (SSSR count). The summed E-state index contributed by atoms with van der Waals surface area (Å²) >= 11 is 0. The molecular formula is C12H16N2O2. The quantitative estimate of drug-likeness (QED) is 0.686. The van der Waals surface area contributed by atoms with Crippen molar-refractivity contribution in [2.75, 3.05) is 11.9 Å². The summed E-state index contributed by atoms with van der Waals surface area (Å²) < 4.78 is 0. The third-order valence-corrected chi connectivity index (χ3v) is 2.74. The predicted octanol–water partition coefficient (Wildman–Crippen LogP) is 0.656. The molecule has 4 heteroatoms. The Balaban J connectivity index is 1.94. The van der Waals surface area contributed by atoms with E-state index in [-0.39, 0.29) is 11.9 Å². The molecule has 4 nitrogen and oxygen atoms in total. The second-order valence-electron chi connectivity index (χ2n) is 4.21. The van der Waals surface area contributed by atoms with E-state index in [1.807, 2.05) is 31.2 Å². The standard InChI is InChI=1S/C12H16N2O2/c1-8-2-4-9(5-3-8)14-12(16)11-6-10(15)7-13-11/h2-5,10-11,13,15H,6-7H2,1H3,(H,14,16). The number of rotatable bonds is 2. The molecule has 86 valence electrons. The van der Waals surface area contributed by atoms with Gasteiger partial charge in [-0.3, -0.25) is 4.79 Å². The van der Waals surface area contributed by atoms with Crippen molar-refractivity contribution in [1.82, 2.24) is 5.32 Å². The van der Waals surface area contributed by atoms with Gasteiger partial charge in [-0.25, -0.2) is 0 Å². The highest BCUT2D eigenvalue weighted by Gasteiger charge is 2.27. The van der Waals surface area contributed by atoms with E-state index in [0.717, 1.165) is 11.3 Å². The van der Waals surface area contributed by atoms with E-state index in [1.54, 1.807) is 0 Å². The minimum absolute atomic E-state index is 0.0830. The van der Waals surface area contributed by atoms with Crippen LogP contribution < -0.4 is 10.6 Å². The highest BCUT2D eigenvalue weighted by Crippen LogP contribution is 2.12. The van der Waals surface area contributed by atoms with Crippen molar-refractivity contribution >= 4 is 11.6 Å². The highest BCUT2D eigenvalue weighted by atomic mass is 16.3. The van der Waals surface area contributed by atoms with Gasteiger partial charge in [0.25, 0.3) is 0 Å². The van der Waals surface area contributed by atoms with Crippen LogP contribution in [-0.4, -0.2) is 29.7 Å². The average molecular weight is 220 g/mol. The molecular weight excluding hydrogens is 204 g/mol. The largest absolute Gasteiger partial charge is 0.392 e. The maximum absolute atomic E-state index is 11.8. The van der Waals surface area contributed by atoms with Gasteiger partial charge in [-0.05, 0) is 25.5 Å². The summed E-state index contributed by atoms with van der Waals surface area (Å²) in [6.45, 7) is 2.49. The lowest BCUT2D eigenvalue weighted by atomic mass is 10.2. The van der Waals surface area contributed by atoms with E-state index in [2.05, 4.69) is 10.6 Å². The first-order chi connectivity index (χ1) is 7.65. The van der Waals surface area contributed by atoms with Gasteiger partial charge < -0.3 is 15.7 Å². The summed E-state index contributed by atoms with van der Waals surface area (Å²) in [7, 11) is 0. The number of carbonyl (C=O) groups is 1. The van der Waals surface area contributed by atoms with E-state index in [9.17, 15) is 9.90 Å². The summed E-state index contributed by atoms with van der Waals surface area (Å²) in [5.41, 5.74) is 1.95. The first-order valence-corrected chi connectivity index (χ1v) is 5.44. The van der Waals surface area contributed by atoms with Gasteiger partial charge in [0.1, 0.15) is 0 Å². The topological polar surface area (TPSA) is 61.4 Å². The minimum Gasteiger partial charge on any atom is -0.392 e. The molecule has 16 heavy (non-hydrogen) atoms. The number of nitrogens with one attached hydrogen (secondary N) is 2. The van der Waals surface area contributed by atoms with Gasteiger partial charge >= 0.3 is 0 Å². The monoisotopic (exact) mass is 220 g/mol. The molecule has 0 spiro atoms. The zero-order valence-corrected chi connectivity index (χ0v) is 9.23. The summed E-state index contributed by atoms with van der Waals surface area (Å²) in [5.74, 6) is -0.0830. The van der Waals surface area contributed by atoms with Gasteiger partial charge in [0.05, 0.1) is 12.1 Å². The number of aryl methyl sites for hydroxylation is 1. The molecule has 1 heterocycles. The van der Waals surface area contributed by atoms with Crippen molar-refractivity contribution in [3.05, 3.63) is 29.8 Å². The second-order valence-corrected chi connectivity index (χ2v) is 4.21. The van der Waals surface area contributed by atoms with Crippen molar-refractivity contribution in [2.45, 2.75) is 25.5 Å². The van der Waals surface area contributed by atoms with Gasteiger partial charge in [0.15, 0.2) is 0 Å². The van der Waals surface area contributed by atoms with Crippen LogP contribution in [-0.2, 0) is 4.79 Å². The van der Waals surface area contributed by atoms with Gasteiger partial charge in [0, 0.05) is 12.2 Å². The molecule has 1 aliphatic rings. The fourth-order valence-electron chi connectivity index (χ4n) is 1.78. The molecule has 2 unspecified atom stereocenters. The molecule has 1 aromatic rings. The lowest BCUT2D eigenvalue weighted by Crippen LogP contribution is -2.35. The van der Waals surface area contributed by atoms with Crippen LogP contribution in [0.4, 0.5) is 5.69 Å². The number of amides is 1. The Morgan fingerprint density at radius 3 is 2.69 bits per heavy atom. The molecule has 0 saturated carbocycles. The number of benzene rings is 1. The first kappa shape index (κ1) is 11.1. The molecule has 1 amide bonds. The van der Waals surface area contributed by atoms with Crippen molar-refractivity contribution in [1.29, 1.82) is 0 Å². The van der Waals surface area contributed by atoms with E-state index in [4.69, 9.17) is 0 Å². The van der Waals surface area contributed by atoms with Gasteiger partial charge in [-0.1, -0.05) is 17.7 Å². The number of β-amino-alcohol motifs (C(OH)–C–C–N with tert-alkyl or cyclic N) is 1. The molecule has 3 N–H and O–H groups in total. The average Bonchev–Trinajstić information content (AvgIpc) is 2.68. The van der Waals surface area contributed by atoms with E-state index < -0.39 is 6.10 Å². The van der Waals surface area contributed by atoms with Gasteiger partial charge in [-0.2, -0.15) is 0 Å². The highest BCUT2D eigenvalue weighted by molar-refractivity contribution is 5.95. The maximum Gasteiger partial charge on any atom is 0.241 e. The molecule has 0 aliphatic carbocycles. The molecule has 1 aliphatic heterocycles. The molecule has 0 bridgehead atoms. The molecule has 1 saturated heterocycles. The number of hydrogen-bond acceptors (Lipinski definition) is 3. The van der Waals surface area contributed by atoms with Crippen LogP contribution in [0.25, 0.3) is 0 Å². The zero-order valence-electron chi connectivity index (χ0n) is 9.23. The van der Waals surface area contributed by atoms with E-state index >= 15 is 0 Å². The first-order valence-electron chi connectivity index (χ1n) is 5.44. The van der Waals surface area contributed by atoms with Crippen LogP contribution in [0.1, 0.15) is 12.0 Å². The minimum atomic E-state index is -0.409. The lowest BCUT2D eigenvalue weighted by Gasteiger charge is -2.10. The van der Waals surface area contributed by atoms with Crippen molar-refractivity contribution in [3.63, 3.8) is 0 Å².